The van der Waals surface area contributed by atoms with Crippen LogP contribution < -0.4 is 20.1 Å². The van der Waals surface area contributed by atoms with Crippen LogP contribution in [0.5, 0.6) is 11.5 Å². The van der Waals surface area contributed by atoms with Gasteiger partial charge in [-0.3, -0.25) is 14.5 Å². The summed E-state index contributed by atoms with van der Waals surface area (Å²) in [6.07, 6.45) is 1.09. The van der Waals surface area contributed by atoms with E-state index in [4.69, 9.17) is 9.47 Å². The molecule has 0 aromatic heterocycles. The number of aryl methyl sites for hydroxylation is 1. The third-order valence-corrected chi connectivity index (χ3v) is 5.34. The zero-order valence-electron chi connectivity index (χ0n) is 17.9. The lowest BCUT2D eigenvalue weighted by molar-refractivity contribution is -0.134. The number of amides is 4. The second-order valence-corrected chi connectivity index (χ2v) is 7.61. The molecule has 1 atom stereocenters. The number of nitrogens with one attached hydrogen (secondary N) is 2. The number of methoxy groups -OCH3 is 2. The van der Waals surface area contributed by atoms with E-state index in [1.54, 1.807) is 32.2 Å². The van der Waals surface area contributed by atoms with E-state index in [9.17, 15) is 14.4 Å². The smallest absolute Gasteiger partial charge is 0.325 e. The number of hydrogen-bond donors (Lipinski definition) is 2. The van der Waals surface area contributed by atoms with Crippen LogP contribution in [-0.4, -0.2) is 49.0 Å². The molecule has 2 aromatic carbocycles. The van der Waals surface area contributed by atoms with Gasteiger partial charge in [-0.2, -0.15) is 0 Å². The minimum Gasteiger partial charge on any atom is -0.493 e. The zero-order chi connectivity index (χ0) is 22.4. The summed E-state index contributed by atoms with van der Waals surface area (Å²) in [5.74, 6) is 0.324. The van der Waals surface area contributed by atoms with Gasteiger partial charge in [-0.15, -0.1) is 0 Å². The molecule has 1 aliphatic rings. The molecule has 0 spiro atoms. The SMILES string of the molecule is COc1ccc(CNC(=O)CN2C(=O)N[C@@](C)(CCc3ccccc3)C2=O)cc1OC. The lowest BCUT2D eigenvalue weighted by Crippen LogP contribution is -2.45. The van der Waals surface area contributed by atoms with E-state index >= 15 is 0 Å². The highest BCUT2D eigenvalue weighted by Gasteiger charge is 2.47. The lowest BCUT2D eigenvalue weighted by atomic mass is 9.93. The fourth-order valence-electron chi connectivity index (χ4n) is 3.49. The molecular formula is C23H27N3O5. The lowest BCUT2D eigenvalue weighted by Gasteiger charge is -2.21. The van der Waals surface area contributed by atoms with Crippen LogP contribution in [0, 0.1) is 0 Å². The summed E-state index contributed by atoms with van der Waals surface area (Å²) in [5, 5.41) is 5.47. The van der Waals surface area contributed by atoms with Crippen LogP contribution in [0.15, 0.2) is 48.5 Å². The largest absolute Gasteiger partial charge is 0.493 e. The van der Waals surface area contributed by atoms with Crippen molar-refractivity contribution in [3.63, 3.8) is 0 Å². The normalized spacial score (nSPS) is 18.0. The first-order chi connectivity index (χ1) is 14.9. The van der Waals surface area contributed by atoms with Gasteiger partial charge in [0.15, 0.2) is 11.5 Å². The number of urea groups is 1. The molecule has 0 unspecified atom stereocenters. The van der Waals surface area contributed by atoms with Crippen molar-refractivity contribution in [2.75, 3.05) is 20.8 Å². The summed E-state index contributed by atoms with van der Waals surface area (Å²) in [5.41, 5.74) is 0.851. The molecule has 164 valence electrons. The molecule has 8 nitrogen and oxygen atoms in total. The molecular weight excluding hydrogens is 398 g/mol. The van der Waals surface area contributed by atoms with E-state index in [-0.39, 0.29) is 13.1 Å². The Labute approximate surface area is 181 Å². The van der Waals surface area contributed by atoms with Crippen molar-refractivity contribution >= 4 is 17.8 Å². The Balaban J connectivity index is 1.56. The van der Waals surface area contributed by atoms with Crippen LogP contribution >= 0.6 is 0 Å². The molecule has 0 bridgehead atoms. The highest BCUT2D eigenvalue weighted by molar-refractivity contribution is 6.08. The van der Waals surface area contributed by atoms with E-state index in [1.165, 1.54) is 7.11 Å². The Hall–Kier alpha value is -3.55. The van der Waals surface area contributed by atoms with Crippen molar-refractivity contribution in [2.45, 2.75) is 31.8 Å². The van der Waals surface area contributed by atoms with Crippen molar-refractivity contribution in [2.24, 2.45) is 0 Å². The first-order valence-electron chi connectivity index (χ1n) is 10.0. The maximum absolute atomic E-state index is 12.9. The maximum atomic E-state index is 12.9. The molecule has 1 heterocycles. The third kappa shape index (κ3) is 5.14. The molecule has 0 aliphatic carbocycles. The topological polar surface area (TPSA) is 97.0 Å². The van der Waals surface area contributed by atoms with E-state index < -0.39 is 23.4 Å². The minimum absolute atomic E-state index is 0.230. The quantitative estimate of drug-likeness (QED) is 0.601. The molecule has 8 heteroatoms. The fourth-order valence-corrected chi connectivity index (χ4v) is 3.49. The summed E-state index contributed by atoms with van der Waals surface area (Å²) in [4.78, 5) is 38.6. The Morgan fingerprint density at radius 1 is 1.03 bits per heavy atom. The molecule has 2 N–H and O–H groups in total. The number of rotatable bonds is 9. The van der Waals surface area contributed by atoms with Crippen molar-refractivity contribution in [3.8, 4) is 11.5 Å². The molecule has 2 aromatic rings. The minimum atomic E-state index is -1.03. The van der Waals surface area contributed by atoms with Crippen molar-refractivity contribution in [1.82, 2.24) is 15.5 Å². The Bertz CT molecular complexity index is 963. The van der Waals surface area contributed by atoms with Gasteiger partial charge in [0, 0.05) is 6.54 Å². The number of imide groups is 1. The van der Waals surface area contributed by atoms with Crippen molar-refractivity contribution < 1.29 is 23.9 Å². The van der Waals surface area contributed by atoms with Gasteiger partial charge in [-0.25, -0.2) is 4.79 Å². The van der Waals surface area contributed by atoms with Crippen molar-refractivity contribution in [3.05, 3.63) is 59.7 Å². The number of nitrogens with zero attached hydrogens (tertiary/aromatic N) is 1. The van der Waals surface area contributed by atoms with E-state index in [0.29, 0.717) is 24.3 Å². The first kappa shape index (κ1) is 22.1. The number of carbonyl (C=O) groups excluding carboxylic acids is 3. The number of ether oxygens (including phenoxy) is 2. The molecule has 0 radical (unpaired) electrons. The molecule has 4 amide bonds. The van der Waals surface area contributed by atoms with Crippen molar-refractivity contribution in [1.29, 1.82) is 0 Å². The van der Waals surface area contributed by atoms with Crippen LogP contribution in [0.25, 0.3) is 0 Å². The summed E-state index contributed by atoms with van der Waals surface area (Å²) in [6.45, 7) is 1.59. The molecule has 31 heavy (non-hydrogen) atoms. The second kappa shape index (κ2) is 9.51. The Morgan fingerprint density at radius 3 is 2.42 bits per heavy atom. The fraction of sp³-hybridized carbons (Fsp3) is 0.348. The zero-order valence-corrected chi connectivity index (χ0v) is 17.9. The van der Waals surface area contributed by atoms with Crippen LogP contribution in [0.3, 0.4) is 0 Å². The van der Waals surface area contributed by atoms with Gasteiger partial charge in [0.05, 0.1) is 14.2 Å². The molecule has 1 aliphatic heterocycles. The summed E-state index contributed by atoms with van der Waals surface area (Å²) >= 11 is 0. The van der Waals surface area contributed by atoms with E-state index in [1.807, 2.05) is 30.3 Å². The van der Waals surface area contributed by atoms with Gasteiger partial charge >= 0.3 is 6.03 Å². The highest BCUT2D eigenvalue weighted by Crippen LogP contribution is 2.27. The average molecular weight is 425 g/mol. The van der Waals surface area contributed by atoms with Crippen LogP contribution in [0.2, 0.25) is 0 Å². The molecule has 0 saturated carbocycles. The van der Waals surface area contributed by atoms with Gasteiger partial charge in [-0.1, -0.05) is 36.4 Å². The third-order valence-electron chi connectivity index (χ3n) is 5.34. The van der Waals surface area contributed by atoms with Crippen LogP contribution in [0.1, 0.15) is 24.5 Å². The van der Waals surface area contributed by atoms with Gasteiger partial charge in [-0.05, 0) is 43.0 Å². The standard InChI is InChI=1S/C23H27N3O5/c1-23(12-11-16-7-5-4-6-8-16)21(28)26(22(29)25-23)15-20(27)24-14-17-9-10-18(30-2)19(13-17)31-3/h4-10,13H,11-12,14-15H2,1-3H3,(H,24,27)(H,25,29)/t23-/m0/s1. The predicted molar refractivity (Wildman–Crippen MR) is 115 cm³/mol. The maximum Gasteiger partial charge on any atom is 0.325 e. The highest BCUT2D eigenvalue weighted by atomic mass is 16.5. The van der Waals surface area contributed by atoms with Gasteiger partial charge in [0.25, 0.3) is 5.91 Å². The summed E-state index contributed by atoms with van der Waals surface area (Å²) in [7, 11) is 3.08. The van der Waals surface area contributed by atoms with Crippen LogP contribution in [0.4, 0.5) is 4.79 Å². The summed E-state index contributed by atoms with van der Waals surface area (Å²) < 4.78 is 10.4. The summed E-state index contributed by atoms with van der Waals surface area (Å²) in [6, 6.07) is 14.5. The second-order valence-electron chi connectivity index (χ2n) is 7.61. The number of carbonyl (C=O) groups is 3. The number of benzene rings is 2. The van der Waals surface area contributed by atoms with E-state index in [0.717, 1.165) is 16.0 Å². The Morgan fingerprint density at radius 2 is 1.74 bits per heavy atom. The van der Waals surface area contributed by atoms with Gasteiger partial charge in [0.2, 0.25) is 5.91 Å². The van der Waals surface area contributed by atoms with Gasteiger partial charge < -0.3 is 20.1 Å². The average Bonchev–Trinajstić information content (AvgIpc) is 3.00. The molecule has 1 fully saturated rings. The van der Waals surface area contributed by atoms with Crippen LogP contribution in [-0.2, 0) is 22.6 Å². The number of hydrogen-bond acceptors (Lipinski definition) is 5. The first-order valence-corrected chi connectivity index (χ1v) is 10.0. The monoisotopic (exact) mass is 425 g/mol. The van der Waals surface area contributed by atoms with E-state index in [2.05, 4.69) is 10.6 Å². The molecule has 3 rings (SSSR count). The van der Waals surface area contributed by atoms with Gasteiger partial charge in [0.1, 0.15) is 12.1 Å². The Kier molecular flexibility index (Phi) is 6.79. The molecule has 1 saturated heterocycles. The predicted octanol–water partition coefficient (Wildman–Crippen LogP) is 2.26.